The largest absolute Gasteiger partial charge is 0.465 e. The molecule has 3 fully saturated rings. The smallest absolute Gasteiger partial charge is 0.407 e. The number of halogens is 2. The minimum Gasteiger partial charge on any atom is -0.465 e. The predicted molar refractivity (Wildman–Crippen MR) is 150 cm³/mol. The monoisotopic (exact) mass is 570 g/mol. The Morgan fingerprint density at radius 3 is 2.39 bits per heavy atom. The fraction of sp³-hybridized carbons (Fsp3) is 0.571. The summed E-state index contributed by atoms with van der Waals surface area (Å²) in [6.07, 6.45) is 0.200. The van der Waals surface area contributed by atoms with E-state index in [1.165, 1.54) is 9.47 Å². The summed E-state index contributed by atoms with van der Waals surface area (Å²) in [5, 5.41) is 12.6. The van der Waals surface area contributed by atoms with E-state index in [0.29, 0.717) is 86.5 Å². The number of alkyl halides is 2. The van der Waals surface area contributed by atoms with Crippen LogP contribution in [0.2, 0.25) is 0 Å². The summed E-state index contributed by atoms with van der Waals surface area (Å²) < 4.78 is 35.2. The van der Waals surface area contributed by atoms with Crippen LogP contribution in [-0.4, -0.2) is 106 Å². The van der Waals surface area contributed by atoms with Gasteiger partial charge >= 0.3 is 6.09 Å². The van der Waals surface area contributed by atoms with Crippen LogP contribution in [-0.2, 0) is 4.74 Å². The number of para-hydroxylation sites is 2. The third-order valence-corrected chi connectivity index (χ3v) is 8.49. The molecule has 0 aliphatic carbocycles. The van der Waals surface area contributed by atoms with Crippen LogP contribution in [0.3, 0.4) is 0 Å². The lowest BCUT2D eigenvalue weighted by Crippen LogP contribution is -2.49. The number of piperidine rings is 2. The van der Waals surface area contributed by atoms with E-state index in [-0.39, 0.29) is 5.82 Å². The third-order valence-electron chi connectivity index (χ3n) is 8.49. The molecule has 0 bridgehead atoms. The second-order valence-electron chi connectivity index (χ2n) is 11.0. The van der Waals surface area contributed by atoms with Crippen molar-refractivity contribution in [2.75, 3.05) is 69.2 Å². The molecule has 3 aliphatic heterocycles. The maximum Gasteiger partial charge on any atom is 0.407 e. The summed E-state index contributed by atoms with van der Waals surface area (Å²) in [6, 6.07) is 9.28. The van der Waals surface area contributed by atoms with Crippen molar-refractivity contribution in [1.82, 2.24) is 29.3 Å². The second kappa shape index (κ2) is 12.1. The van der Waals surface area contributed by atoms with Gasteiger partial charge in [-0.2, -0.15) is 9.97 Å². The van der Waals surface area contributed by atoms with E-state index in [0.717, 1.165) is 38.8 Å². The lowest BCUT2D eigenvalue weighted by molar-refractivity contribution is 0.0753. The fourth-order valence-electron chi connectivity index (χ4n) is 6.18. The maximum absolute atomic E-state index is 14.1. The summed E-state index contributed by atoms with van der Waals surface area (Å²) in [6.45, 7) is 6.30. The normalized spacial score (nSPS) is 19.8. The Morgan fingerprint density at radius 2 is 1.68 bits per heavy atom. The van der Waals surface area contributed by atoms with E-state index in [1.54, 1.807) is 30.3 Å². The average molecular weight is 571 g/mol. The molecule has 0 radical (unpaired) electrons. The number of fused-ring (bicyclic) bond motifs is 1. The quantitative estimate of drug-likeness (QED) is 0.437. The Bertz CT molecular complexity index is 1350. The minimum atomic E-state index is -2.76. The molecule has 0 atom stereocenters. The van der Waals surface area contributed by atoms with Gasteiger partial charge in [-0.25, -0.2) is 18.6 Å². The first-order chi connectivity index (χ1) is 20.0. The van der Waals surface area contributed by atoms with Crippen LogP contribution in [0.1, 0.15) is 37.9 Å². The third kappa shape index (κ3) is 6.05. The van der Waals surface area contributed by atoms with Crippen molar-refractivity contribution in [2.24, 2.45) is 5.92 Å². The predicted octanol–water partition coefficient (Wildman–Crippen LogP) is 3.86. The molecule has 0 spiro atoms. The molecule has 3 saturated heterocycles. The number of likely N-dealkylation sites (tertiary alicyclic amines) is 2. The molecule has 5 heterocycles. The zero-order valence-corrected chi connectivity index (χ0v) is 23.0. The SMILES string of the molecule is O=C(O)N1CCC(N2CCC(CNc3nc(N4CCOCC4)cc(-n4c(C(F)F)nc5ccccc54)n3)CC2)CC1. The number of amides is 1. The minimum absolute atomic E-state index is 0.342. The molecule has 0 saturated carbocycles. The van der Waals surface area contributed by atoms with Crippen molar-refractivity contribution in [3.63, 3.8) is 0 Å². The maximum atomic E-state index is 14.1. The van der Waals surface area contributed by atoms with E-state index in [2.05, 4.69) is 20.1 Å². The molecule has 220 valence electrons. The number of morpholine rings is 1. The highest BCUT2D eigenvalue weighted by atomic mass is 19.3. The average Bonchev–Trinajstić information content (AvgIpc) is 3.41. The van der Waals surface area contributed by atoms with Gasteiger partial charge in [0, 0.05) is 44.8 Å². The van der Waals surface area contributed by atoms with Gasteiger partial charge in [0.1, 0.15) is 11.6 Å². The van der Waals surface area contributed by atoms with Gasteiger partial charge in [0.05, 0.1) is 24.2 Å². The van der Waals surface area contributed by atoms with Crippen LogP contribution >= 0.6 is 0 Å². The lowest BCUT2D eigenvalue weighted by Gasteiger charge is -2.41. The second-order valence-corrected chi connectivity index (χ2v) is 11.0. The topological polar surface area (TPSA) is 112 Å². The number of rotatable bonds is 7. The Balaban J connectivity index is 1.18. The summed E-state index contributed by atoms with van der Waals surface area (Å²) in [4.78, 5) is 31.0. The van der Waals surface area contributed by atoms with E-state index in [9.17, 15) is 18.7 Å². The first-order valence-corrected chi connectivity index (χ1v) is 14.4. The number of carbonyl (C=O) groups is 1. The highest BCUT2D eigenvalue weighted by Gasteiger charge is 2.30. The Morgan fingerprint density at radius 1 is 0.976 bits per heavy atom. The number of nitrogens with one attached hydrogen (secondary N) is 1. The van der Waals surface area contributed by atoms with Crippen molar-refractivity contribution in [2.45, 2.75) is 38.2 Å². The van der Waals surface area contributed by atoms with Crippen LogP contribution < -0.4 is 10.2 Å². The van der Waals surface area contributed by atoms with E-state index in [4.69, 9.17) is 14.7 Å². The summed E-state index contributed by atoms with van der Waals surface area (Å²) in [5.74, 6) is 1.52. The summed E-state index contributed by atoms with van der Waals surface area (Å²) >= 11 is 0. The number of anilines is 2. The van der Waals surface area contributed by atoms with Gasteiger partial charge in [0.25, 0.3) is 6.43 Å². The summed E-state index contributed by atoms with van der Waals surface area (Å²) in [7, 11) is 0. The number of hydrogen-bond donors (Lipinski definition) is 2. The van der Waals surface area contributed by atoms with Gasteiger partial charge < -0.3 is 29.9 Å². The molecule has 13 heteroatoms. The van der Waals surface area contributed by atoms with Crippen molar-refractivity contribution in [3.8, 4) is 5.82 Å². The summed E-state index contributed by atoms with van der Waals surface area (Å²) in [5.41, 5.74) is 1.06. The van der Waals surface area contributed by atoms with Gasteiger partial charge in [-0.1, -0.05) is 12.1 Å². The lowest BCUT2D eigenvalue weighted by atomic mass is 9.93. The number of hydrogen-bond acceptors (Lipinski definition) is 8. The molecule has 6 rings (SSSR count). The van der Waals surface area contributed by atoms with Gasteiger partial charge in [0.15, 0.2) is 5.82 Å². The molecule has 11 nitrogen and oxygen atoms in total. The number of imidazole rings is 1. The standard InChI is InChI=1S/C28H36F2N8O3/c29-25(30)26-32-21-3-1-2-4-22(21)38(26)24-17-23(36-13-15-41-16-14-36)33-27(34-24)31-18-19-5-9-35(10-6-19)20-7-11-37(12-8-20)28(39)40/h1-4,17,19-20,25H,5-16,18H2,(H,39,40)(H,31,33,34). The molecular formula is C28H36F2N8O3. The zero-order chi connectivity index (χ0) is 28.3. The molecule has 1 aromatic carbocycles. The van der Waals surface area contributed by atoms with Crippen LogP contribution in [0, 0.1) is 5.92 Å². The molecule has 0 unspecified atom stereocenters. The zero-order valence-electron chi connectivity index (χ0n) is 23.0. The fourth-order valence-corrected chi connectivity index (χ4v) is 6.18. The van der Waals surface area contributed by atoms with Gasteiger partial charge in [-0.3, -0.25) is 4.57 Å². The molecule has 2 N–H and O–H groups in total. The number of nitrogens with zero attached hydrogens (tertiary/aromatic N) is 7. The molecule has 3 aliphatic rings. The molecule has 2 aromatic heterocycles. The highest BCUT2D eigenvalue weighted by Crippen LogP contribution is 2.30. The van der Waals surface area contributed by atoms with Crippen molar-refractivity contribution in [1.29, 1.82) is 0 Å². The van der Waals surface area contributed by atoms with Crippen LogP contribution in [0.5, 0.6) is 0 Å². The number of aromatic nitrogens is 4. The van der Waals surface area contributed by atoms with Gasteiger partial charge in [-0.15, -0.1) is 0 Å². The highest BCUT2D eigenvalue weighted by molar-refractivity contribution is 5.78. The number of carboxylic acid groups (broad SMARTS) is 1. The molecule has 3 aromatic rings. The first kappa shape index (κ1) is 27.6. The van der Waals surface area contributed by atoms with Crippen molar-refractivity contribution < 1.29 is 23.4 Å². The molecule has 41 heavy (non-hydrogen) atoms. The van der Waals surface area contributed by atoms with Crippen LogP contribution in [0.15, 0.2) is 30.3 Å². The Kier molecular flexibility index (Phi) is 8.15. The molecule has 1 amide bonds. The van der Waals surface area contributed by atoms with Crippen molar-refractivity contribution >= 4 is 28.9 Å². The Hall–Kier alpha value is -3.58. The number of ether oxygens (including phenoxy) is 1. The van der Waals surface area contributed by atoms with Crippen molar-refractivity contribution in [3.05, 3.63) is 36.2 Å². The van der Waals surface area contributed by atoms with E-state index in [1.807, 2.05) is 0 Å². The van der Waals surface area contributed by atoms with Gasteiger partial charge in [-0.05, 0) is 56.8 Å². The van der Waals surface area contributed by atoms with Crippen LogP contribution in [0.25, 0.3) is 16.9 Å². The van der Waals surface area contributed by atoms with E-state index < -0.39 is 12.5 Å². The van der Waals surface area contributed by atoms with E-state index >= 15 is 0 Å². The first-order valence-electron chi connectivity index (χ1n) is 14.4. The van der Waals surface area contributed by atoms with Crippen LogP contribution in [0.4, 0.5) is 25.3 Å². The molecular weight excluding hydrogens is 534 g/mol. The number of benzene rings is 1. The van der Waals surface area contributed by atoms with Gasteiger partial charge in [0.2, 0.25) is 5.95 Å². The Labute approximate surface area is 237 Å².